The fourth-order valence-corrected chi connectivity index (χ4v) is 3.60. The number of aromatic nitrogens is 2. The molecule has 126 valence electrons. The third-order valence-electron chi connectivity index (χ3n) is 3.23. The first-order valence-electron chi connectivity index (χ1n) is 6.49. The van der Waals surface area contributed by atoms with Gasteiger partial charge in [0.2, 0.25) is 0 Å². The van der Waals surface area contributed by atoms with E-state index in [0.717, 1.165) is 17.5 Å². The van der Waals surface area contributed by atoms with Crippen LogP contribution < -0.4 is 4.72 Å². The van der Waals surface area contributed by atoms with Gasteiger partial charge in [-0.05, 0) is 36.4 Å². The van der Waals surface area contributed by atoms with Crippen molar-refractivity contribution in [2.24, 2.45) is 0 Å². The van der Waals surface area contributed by atoms with Crippen LogP contribution in [-0.2, 0) is 16.2 Å². The monoisotopic (exact) mass is 375 g/mol. The van der Waals surface area contributed by atoms with Gasteiger partial charge in [-0.2, -0.15) is 18.3 Å². The molecule has 2 aromatic carbocycles. The van der Waals surface area contributed by atoms with Crippen LogP contribution >= 0.6 is 11.6 Å². The molecule has 0 bridgehead atoms. The summed E-state index contributed by atoms with van der Waals surface area (Å²) in [4.78, 5) is -0.899. The minimum Gasteiger partial charge on any atom is -0.280 e. The molecule has 2 N–H and O–H groups in total. The van der Waals surface area contributed by atoms with E-state index in [2.05, 4.69) is 14.9 Å². The van der Waals surface area contributed by atoms with Crippen LogP contribution in [0.4, 0.5) is 18.9 Å². The maximum Gasteiger partial charge on any atom is 0.417 e. The Labute approximate surface area is 139 Å². The molecule has 0 atom stereocenters. The lowest BCUT2D eigenvalue weighted by Gasteiger charge is -2.15. The van der Waals surface area contributed by atoms with Crippen molar-refractivity contribution in [2.45, 2.75) is 11.1 Å². The van der Waals surface area contributed by atoms with Crippen LogP contribution in [-0.4, -0.2) is 18.6 Å². The highest BCUT2D eigenvalue weighted by Gasteiger charge is 2.37. The average molecular weight is 376 g/mol. The van der Waals surface area contributed by atoms with Gasteiger partial charge in [-0.15, -0.1) is 0 Å². The van der Waals surface area contributed by atoms with Gasteiger partial charge in [0.15, 0.2) is 0 Å². The molecule has 0 saturated heterocycles. The summed E-state index contributed by atoms with van der Waals surface area (Å²) in [5.74, 6) is 0. The molecule has 3 aromatic rings. The Kier molecular flexibility index (Phi) is 3.92. The fourth-order valence-electron chi connectivity index (χ4n) is 2.17. The minimum absolute atomic E-state index is 0.106. The van der Waals surface area contributed by atoms with Crippen molar-refractivity contribution in [1.82, 2.24) is 10.2 Å². The van der Waals surface area contributed by atoms with Crippen LogP contribution in [0.15, 0.2) is 47.5 Å². The van der Waals surface area contributed by atoms with E-state index in [4.69, 9.17) is 11.6 Å². The second-order valence-electron chi connectivity index (χ2n) is 4.92. The van der Waals surface area contributed by atoms with Gasteiger partial charge in [-0.1, -0.05) is 11.6 Å². The number of nitrogens with zero attached hydrogens (tertiary/aromatic N) is 1. The second kappa shape index (κ2) is 5.67. The van der Waals surface area contributed by atoms with E-state index >= 15 is 0 Å². The largest absolute Gasteiger partial charge is 0.417 e. The first-order chi connectivity index (χ1) is 11.2. The smallest absolute Gasteiger partial charge is 0.280 e. The number of alkyl halides is 3. The molecular formula is C14H9ClF3N3O2S. The third-order valence-corrected chi connectivity index (χ3v) is 4.91. The first kappa shape index (κ1) is 16.6. The minimum atomic E-state index is -4.86. The van der Waals surface area contributed by atoms with Crippen molar-refractivity contribution >= 4 is 38.2 Å². The van der Waals surface area contributed by atoms with E-state index in [1.165, 1.54) is 18.3 Å². The Morgan fingerprint density at radius 3 is 2.58 bits per heavy atom. The number of nitrogens with one attached hydrogen (secondary N) is 2. The van der Waals surface area contributed by atoms with Crippen LogP contribution in [0.25, 0.3) is 10.9 Å². The van der Waals surface area contributed by atoms with Crippen molar-refractivity contribution in [2.75, 3.05) is 4.72 Å². The van der Waals surface area contributed by atoms with Crippen LogP contribution in [0.5, 0.6) is 0 Å². The van der Waals surface area contributed by atoms with E-state index in [-0.39, 0.29) is 10.7 Å². The molecular weight excluding hydrogens is 367 g/mol. The molecule has 5 nitrogen and oxygen atoms in total. The number of hydrogen-bond acceptors (Lipinski definition) is 3. The number of rotatable bonds is 3. The molecule has 0 unspecified atom stereocenters. The zero-order valence-electron chi connectivity index (χ0n) is 11.7. The second-order valence-corrected chi connectivity index (χ2v) is 7.00. The summed E-state index contributed by atoms with van der Waals surface area (Å²) in [5, 5.41) is 6.96. The molecule has 0 aliphatic rings. The summed E-state index contributed by atoms with van der Waals surface area (Å²) in [5.41, 5.74) is -0.678. The standard InChI is InChI=1S/C14H9ClF3N3O2S/c15-9-2-4-13(11(5-9)14(16,17)18)24(22,23)21-10-3-1-8-7-19-20-12(8)6-10/h1-7,21H,(H,19,20). The number of fused-ring (bicyclic) bond motifs is 1. The van der Waals surface area contributed by atoms with Crippen LogP contribution in [0.2, 0.25) is 5.02 Å². The van der Waals surface area contributed by atoms with Crippen LogP contribution in [0.3, 0.4) is 0 Å². The Bertz CT molecular complexity index is 1020. The number of H-pyrrole nitrogens is 1. The van der Waals surface area contributed by atoms with Gasteiger partial charge in [0.1, 0.15) is 0 Å². The molecule has 0 amide bonds. The molecule has 0 fully saturated rings. The highest BCUT2D eigenvalue weighted by molar-refractivity contribution is 7.92. The number of halogens is 4. The summed E-state index contributed by atoms with van der Waals surface area (Å²) in [7, 11) is -4.46. The predicted octanol–water partition coefficient (Wildman–Crippen LogP) is 4.04. The highest BCUT2D eigenvalue weighted by atomic mass is 35.5. The Balaban J connectivity index is 2.04. The Hall–Kier alpha value is -2.26. The number of hydrogen-bond donors (Lipinski definition) is 2. The van der Waals surface area contributed by atoms with Gasteiger partial charge >= 0.3 is 6.18 Å². The summed E-state index contributed by atoms with van der Waals surface area (Å²) >= 11 is 5.56. The average Bonchev–Trinajstić information content (AvgIpc) is 2.93. The molecule has 10 heteroatoms. The molecule has 0 spiro atoms. The summed E-state index contributed by atoms with van der Waals surface area (Å²) in [6, 6.07) is 6.94. The molecule has 0 saturated carbocycles. The van der Waals surface area contributed by atoms with Crippen LogP contribution in [0.1, 0.15) is 5.56 Å². The molecule has 1 aromatic heterocycles. The quantitative estimate of drug-likeness (QED) is 0.725. The van der Waals surface area contributed by atoms with Crippen molar-refractivity contribution in [1.29, 1.82) is 0 Å². The van der Waals surface area contributed by atoms with E-state index in [1.54, 1.807) is 6.07 Å². The van der Waals surface area contributed by atoms with Crippen molar-refractivity contribution in [3.63, 3.8) is 0 Å². The summed E-state index contributed by atoms with van der Waals surface area (Å²) in [6.45, 7) is 0. The van der Waals surface area contributed by atoms with E-state index in [1.807, 2.05) is 0 Å². The number of sulfonamides is 1. The Morgan fingerprint density at radius 2 is 1.88 bits per heavy atom. The van der Waals surface area contributed by atoms with Gasteiger partial charge in [0.25, 0.3) is 10.0 Å². The maximum atomic E-state index is 13.1. The molecule has 3 rings (SSSR count). The SMILES string of the molecule is O=S(=O)(Nc1ccc2cn[nH]c2c1)c1ccc(Cl)cc1C(F)(F)F. The first-order valence-corrected chi connectivity index (χ1v) is 8.36. The fraction of sp³-hybridized carbons (Fsp3) is 0.0714. The van der Waals surface area contributed by atoms with Crippen molar-refractivity contribution in [3.05, 3.63) is 53.2 Å². The normalized spacial score (nSPS) is 12.5. The van der Waals surface area contributed by atoms with E-state index in [0.29, 0.717) is 11.6 Å². The molecule has 0 radical (unpaired) electrons. The summed E-state index contributed by atoms with van der Waals surface area (Å²) < 4.78 is 66.2. The van der Waals surface area contributed by atoms with E-state index < -0.39 is 26.7 Å². The molecule has 0 aliphatic carbocycles. The number of benzene rings is 2. The lowest BCUT2D eigenvalue weighted by atomic mass is 10.2. The Morgan fingerprint density at radius 1 is 1.12 bits per heavy atom. The van der Waals surface area contributed by atoms with Crippen molar-refractivity contribution < 1.29 is 21.6 Å². The van der Waals surface area contributed by atoms with Gasteiger partial charge in [0.05, 0.1) is 27.9 Å². The van der Waals surface area contributed by atoms with Gasteiger partial charge in [-0.3, -0.25) is 9.82 Å². The van der Waals surface area contributed by atoms with Gasteiger partial charge < -0.3 is 0 Å². The van der Waals surface area contributed by atoms with Crippen LogP contribution in [0, 0.1) is 0 Å². The number of aromatic amines is 1. The third kappa shape index (κ3) is 3.17. The molecule has 0 aliphatic heterocycles. The van der Waals surface area contributed by atoms with Gasteiger partial charge in [0, 0.05) is 10.4 Å². The van der Waals surface area contributed by atoms with Crippen molar-refractivity contribution in [3.8, 4) is 0 Å². The molecule has 24 heavy (non-hydrogen) atoms. The highest BCUT2D eigenvalue weighted by Crippen LogP contribution is 2.36. The van der Waals surface area contributed by atoms with Gasteiger partial charge in [-0.25, -0.2) is 8.42 Å². The predicted molar refractivity (Wildman–Crippen MR) is 83.4 cm³/mol. The zero-order valence-corrected chi connectivity index (χ0v) is 13.3. The zero-order chi connectivity index (χ0) is 17.5. The topological polar surface area (TPSA) is 74.8 Å². The number of anilines is 1. The summed E-state index contributed by atoms with van der Waals surface area (Å²) in [6.07, 6.45) is -3.32. The lowest BCUT2D eigenvalue weighted by Crippen LogP contribution is -2.19. The maximum absolute atomic E-state index is 13.1. The molecule has 1 heterocycles. The van der Waals surface area contributed by atoms with E-state index in [9.17, 15) is 21.6 Å². The lowest BCUT2D eigenvalue weighted by molar-refractivity contribution is -0.139.